The van der Waals surface area contributed by atoms with Gasteiger partial charge in [-0.05, 0) is 39.6 Å². The van der Waals surface area contributed by atoms with E-state index in [2.05, 4.69) is 65.6 Å². The molecule has 166 valence electrons. The predicted molar refractivity (Wildman–Crippen MR) is 131 cm³/mol. The van der Waals surface area contributed by atoms with Crippen LogP contribution in [0.2, 0.25) is 0 Å². The lowest BCUT2D eigenvalue weighted by Gasteiger charge is -2.21. The number of benzene rings is 2. The smallest absolute Gasteiger partial charge is 0.160 e. The van der Waals surface area contributed by atoms with Crippen molar-refractivity contribution in [1.29, 1.82) is 5.26 Å². The molecule has 2 aromatic carbocycles. The van der Waals surface area contributed by atoms with Crippen LogP contribution in [0.1, 0.15) is 23.2 Å². The lowest BCUT2D eigenvalue weighted by atomic mass is 10.0. The number of likely N-dealkylation sites (N-methyl/N-ethyl adjacent to an activating group) is 1. The molecule has 0 saturated carbocycles. The summed E-state index contributed by atoms with van der Waals surface area (Å²) < 4.78 is 2.17. The van der Waals surface area contributed by atoms with E-state index in [1.54, 1.807) is 0 Å². The largest absolute Gasteiger partial charge is 0.305 e. The summed E-state index contributed by atoms with van der Waals surface area (Å²) in [6.07, 6.45) is 5.05. The molecule has 2 aromatic heterocycles. The van der Waals surface area contributed by atoms with Crippen molar-refractivity contribution in [2.45, 2.75) is 25.9 Å². The molecule has 6 heteroatoms. The van der Waals surface area contributed by atoms with E-state index in [9.17, 15) is 5.26 Å². The average molecular weight is 437 g/mol. The van der Waals surface area contributed by atoms with Crippen molar-refractivity contribution >= 4 is 5.65 Å². The minimum absolute atomic E-state index is 0.575. The Balaban J connectivity index is 1.65. The van der Waals surface area contributed by atoms with Gasteiger partial charge in [0, 0.05) is 49.2 Å². The van der Waals surface area contributed by atoms with E-state index in [0.29, 0.717) is 11.6 Å². The van der Waals surface area contributed by atoms with Gasteiger partial charge in [0.2, 0.25) is 0 Å². The van der Waals surface area contributed by atoms with Gasteiger partial charge in [0.15, 0.2) is 5.65 Å². The maximum Gasteiger partial charge on any atom is 0.160 e. The standard InChI is InChI=1S/C27H28N6/c1-19-4-8-22(9-5-19)26-25(21-10-6-20(16-28)7-11-21)30-24(27-29-13-15-33(26)27)18-32-14-12-23(17-32)31(2)3/h4-11,13,15,23H,12,14,17-18H2,1-3H3/t23-/m0/s1. The molecule has 0 amide bonds. The molecule has 1 saturated heterocycles. The van der Waals surface area contributed by atoms with Crippen LogP contribution in [0.4, 0.5) is 0 Å². The van der Waals surface area contributed by atoms with Gasteiger partial charge in [-0.2, -0.15) is 5.26 Å². The molecule has 1 aliphatic rings. The Morgan fingerprint density at radius 2 is 1.79 bits per heavy atom. The van der Waals surface area contributed by atoms with Crippen LogP contribution in [0.25, 0.3) is 28.2 Å². The van der Waals surface area contributed by atoms with Gasteiger partial charge >= 0.3 is 0 Å². The lowest BCUT2D eigenvalue weighted by molar-refractivity contribution is 0.263. The van der Waals surface area contributed by atoms with E-state index in [0.717, 1.165) is 53.5 Å². The van der Waals surface area contributed by atoms with Crippen molar-refractivity contribution in [2.75, 3.05) is 27.2 Å². The zero-order valence-corrected chi connectivity index (χ0v) is 19.4. The second-order valence-corrected chi connectivity index (χ2v) is 9.07. The van der Waals surface area contributed by atoms with Crippen molar-refractivity contribution in [3.05, 3.63) is 77.7 Å². The van der Waals surface area contributed by atoms with Crippen LogP contribution in [-0.2, 0) is 6.54 Å². The van der Waals surface area contributed by atoms with Crippen molar-refractivity contribution in [3.63, 3.8) is 0 Å². The third-order valence-electron chi connectivity index (χ3n) is 6.57. The SMILES string of the molecule is Cc1ccc(-c2c(-c3ccc(C#N)cc3)nc(CN3CC[C@H](N(C)C)C3)c3nccn23)cc1. The summed E-state index contributed by atoms with van der Waals surface area (Å²) in [7, 11) is 4.30. The predicted octanol–water partition coefficient (Wildman–Crippen LogP) is 4.38. The van der Waals surface area contributed by atoms with Crippen LogP contribution in [0.15, 0.2) is 60.9 Å². The molecule has 4 aromatic rings. The van der Waals surface area contributed by atoms with Crippen LogP contribution in [0.5, 0.6) is 0 Å². The summed E-state index contributed by atoms with van der Waals surface area (Å²) in [6.45, 7) is 4.95. The molecule has 6 nitrogen and oxygen atoms in total. The second kappa shape index (κ2) is 8.78. The highest BCUT2D eigenvalue weighted by atomic mass is 15.2. The molecule has 1 atom stereocenters. The summed E-state index contributed by atoms with van der Waals surface area (Å²) >= 11 is 0. The second-order valence-electron chi connectivity index (χ2n) is 9.07. The maximum atomic E-state index is 9.25. The summed E-state index contributed by atoms with van der Waals surface area (Å²) in [5, 5.41) is 9.25. The third kappa shape index (κ3) is 4.13. The van der Waals surface area contributed by atoms with Gasteiger partial charge in [-0.15, -0.1) is 0 Å². The number of nitriles is 1. The normalized spacial score (nSPS) is 16.5. The first-order valence-electron chi connectivity index (χ1n) is 11.4. The number of nitrogens with zero attached hydrogens (tertiary/aromatic N) is 6. The Bertz CT molecular complexity index is 1310. The molecule has 0 unspecified atom stereocenters. The van der Waals surface area contributed by atoms with Gasteiger partial charge in [0.1, 0.15) is 0 Å². The summed E-state index contributed by atoms with van der Waals surface area (Å²) in [5.74, 6) is 0. The van der Waals surface area contributed by atoms with Crippen LogP contribution < -0.4 is 0 Å². The maximum absolute atomic E-state index is 9.25. The molecule has 5 rings (SSSR count). The Kier molecular flexibility index (Phi) is 5.67. The Morgan fingerprint density at radius 3 is 2.45 bits per heavy atom. The number of hydrogen-bond donors (Lipinski definition) is 0. The Labute approximate surface area is 194 Å². The molecule has 3 heterocycles. The first-order valence-corrected chi connectivity index (χ1v) is 11.4. The van der Waals surface area contributed by atoms with Crippen molar-refractivity contribution in [2.24, 2.45) is 0 Å². The van der Waals surface area contributed by atoms with E-state index in [-0.39, 0.29) is 0 Å². The van der Waals surface area contributed by atoms with E-state index < -0.39 is 0 Å². The number of imidazole rings is 1. The number of aryl methyl sites for hydroxylation is 1. The molecule has 0 radical (unpaired) electrons. The minimum atomic E-state index is 0.575. The fourth-order valence-corrected chi connectivity index (χ4v) is 4.64. The molecule has 0 N–H and O–H groups in total. The molecule has 33 heavy (non-hydrogen) atoms. The average Bonchev–Trinajstić information content (AvgIpc) is 3.50. The highest BCUT2D eigenvalue weighted by Crippen LogP contribution is 2.33. The van der Waals surface area contributed by atoms with Crippen LogP contribution in [0.3, 0.4) is 0 Å². The molecule has 0 spiro atoms. The van der Waals surface area contributed by atoms with E-state index in [1.165, 1.54) is 12.0 Å². The highest BCUT2D eigenvalue weighted by Gasteiger charge is 2.26. The lowest BCUT2D eigenvalue weighted by Crippen LogP contribution is -2.31. The van der Waals surface area contributed by atoms with Gasteiger partial charge in [0.25, 0.3) is 0 Å². The van der Waals surface area contributed by atoms with Crippen LogP contribution in [-0.4, -0.2) is 57.4 Å². The van der Waals surface area contributed by atoms with Gasteiger partial charge in [-0.1, -0.05) is 42.0 Å². The molecule has 0 bridgehead atoms. The Hall–Kier alpha value is -3.53. The number of likely N-dealkylation sites (tertiary alicyclic amines) is 1. The number of aromatic nitrogens is 3. The molecule has 0 aliphatic carbocycles. The van der Waals surface area contributed by atoms with Gasteiger partial charge in [-0.25, -0.2) is 9.97 Å². The van der Waals surface area contributed by atoms with Gasteiger partial charge in [0.05, 0.1) is 28.7 Å². The monoisotopic (exact) mass is 436 g/mol. The number of fused-ring (bicyclic) bond motifs is 1. The summed E-state index contributed by atoms with van der Waals surface area (Å²) in [5.41, 5.74) is 7.76. The van der Waals surface area contributed by atoms with Gasteiger partial charge in [-0.3, -0.25) is 9.30 Å². The quantitative estimate of drug-likeness (QED) is 0.465. The number of hydrogen-bond acceptors (Lipinski definition) is 5. The molecular formula is C27H28N6. The topological polar surface area (TPSA) is 60.5 Å². The molecule has 1 aliphatic heterocycles. The molecule has 1 fully saturated rings. The fraction of sp³-hybridized carbons (Fsp3) is 0.296. The zero-order chi connectivity index (χ0) is 22.9. The zero-order valence-electron chi connectivity index (χ0n) is 19.4. The summed E-state index contributed by atoms with van der Waals surface area (Å²) in [4.78, 5) is 14.7. The summed E-state index contributed by atoms with van der Waals surface area (Å²) in [6, 6.07) is 19.0. The highest BCUT2D eigenvalue weighted by molar-refractivity contribution is 5.81. The van der Waals surface area contributed by atoms with Gasteiger partial charge < -0.3 is 4.90 Å². The Morgan fingerprint density at radius 1 is 1.06 bits per heavy atom. The van der Waals surface area contributed by atoms with E-state index >= 15 is 0 Å². The van der Waals surface area contributed by atoms with E-state index in [1.807, 2.05) is 36.7 Å². The van der Waals surface area contributed by atoms with Crippen molar-refractivity contribution in [1.82, 2.24) is 24.2 Å². The molecular weight excluding hydrogens is 408 g/mol. The minimum Gasteiger partial charge on any atom is -0.305 e. The van der Waals surface area contributed by atoms with Crippen molar-refractivity contribution in [3.8, 4) is 28.6 Å². The van der Waals surface area contributed by atoms with Crippen molar-refractivity contribution < 1.29 is 0 Å². The number of rotatable bonds is 5. The first kappa shape index (κ1) is 21.3. The fourth-order valence-electron chi connectivity index (χ4n) is 4.64. The van der Waals surface area contributed by atoms with E-state index in [4.69, 9.17) is 9.97 Å². The van der Waals surface area contributed by atoms with Crippen LogP contribution in [0, 0.1) is 18.3 Å². The third-order valence-corrected chi connectivity index (χ3v) is 6.57. The van der Waals surface area contributed by atoms with Crippen LogP contribution >= 0.6 is 0 Å². The first-order chi connectivity index (χ1) is 16.0.